The van der Waals surface area contributed by atoms with Crippen molar-refractivity contribution in [2.75, 3.05) is 65.6 Å². The summed E-state index contributed by atoms with van der Waals surface area (Å²) in [5, 5.41) is 6.13. The second-order valence-corrected chi connectivity index (χ2v) is 32.8. The first-order chi connectivity index (χ1) is 53.5. The van der Waals surface area contributed by atoms with Gasteiger partial charge in [0.1, 0.15) is 12.2 Å². The van der Waals surface area contributed by atoms with Gasteiger partial charge in [-0.25, -0.2) is 0 Å². The molecule has 0 aliphatic rings. The maximum absolute atomic E-state index is 13.1. The molecule has 0 spiro atoms. The average Bonchev–Trinajstić information content (AvgIpc) is 1.04. The van der Waals surface area contributed by atoms with Crippen LogP contribution in [0.15, 0.2) is 12.2 Å². The lowest BCUT2D eigenvalue weighted by Crippen LogP contribution is -2.31. The van der Waals surface area contributed by atoms with E-state index in [1.165, 1.54) is 224 Å². The molecule has 0 aromatic heterocycles. The molecule has 0 saturated heterocycles. The minimum absolute atomic E-state index is 0.0174. The molecule has 0 aromatic carbocycles. The summed E-state index contributed by atoms with van der Waals surface area (Å²) in [6, 6.07) is 0. The zero-order chi connectivity index (χ0) is 79.3. The average molecular weight is 1540 g/mol. The van der Waals surface area contributed by atoms with Crippen LogP contribution in [-0.4, -0.2) is 123 Å². The van der Waals surface area contributed by atoms with Crippen LogP contribution >= 0.6 is 0 Å². The summed E-state index contributed by atoms with van der Waals surface area (Å²) in [6.45, 7) is 21.3. The number of esters is 4. The van der Waals surface area contributed by atoms with E-state index in [-0.39, 0.29) is 54.3 Å². The SMILES string of the molecule is CCCCCCCCCCCOC(=O)CCCCCN(CCCCCCCC(=O)OC(CCCCCCCC)CCCCCCCC)CCCNC(=O)/C=C\CC(=O)NCCCN(CCCCCCCC(=O)OC(CCCCCCCC)CCCCCCCC)CCCCCC(=O)OCCCCCCCCCCC. The van der Waals surface area contributed by atoms with Gasteiger partial charge >= 0.3 is 23.9 Å². The van der Waals surface area contributed by atoms with E-state index >= 15 is 0 Å². The topological polar surface area (TPSA) is 170 Å². The molecule has 0 unspecified atom stereocenters. The normalized spacial score (nSPS) is 11.7. The monoisotopic (exact) mass is 1540 g/mol. The Morgan fingerprint density at radius 2 is 0.505 bits per heavy atom. The van der Waals surface area contributed by atoms with Crippen molar-refractivity contribution in [3.63, 3.8) is 0 Å². The van der Waals surface area contributed by atoms with Gasteiger partial charge < -0.3 is 39.4 Å². The highest BCUT2D eigenvalue weighted by Crippen LogP contribution is 2.22. The van der Waals surface area contributed by atoms with Crippen molar-refractivity contribution in [1.82, 2.24) is 20.4 Å². The van der Waals surface area contributed by atoms with E-state index in [1.54, 1.807) is 6.08 Å². The first-order valence-electron chi connectivity index (χ1n) is 47.9. The molecule has 0 aromatic rings. The molecule has 0 fully saturated rings. The summed E-state index contributed by atoms with van der Waals surface area (Å²) in [5.74, 6) is -0.476. The van der Waals surface area contributed by atoms with Gasteiger partial charge in [0, 0.05) is 45.2 Å². The van der Waals surface area contributed by atoms with Crippen molar-refractivity contribution >= 4 is 35.7 Å². The molecule has 0 aliphatic carbocycles. The number of carbonyl (C=O) groups is 6. The Bertz CT molecular complexity index is 1970. The highest BCUT2D eigenvalue weighted by Gasteiger charge is 2.18. The lowest BCUT2D eigenvalue weighted by Gasteiger charge is -2.22. The lowest BCUT2D eigenvalue weighted by molar-refractivity contribution is -0.151. The molecule has 0 radical (unpaired) electrons. The molecule has 642 valence electrons. The molecule has 2 N–H and O–H groups in total. The second-order valence-electron chi connectivity index (χ2n) is 32.8. The summed E-state index contributed by atoms with van der Waals surface area (Å²) in [6.07, 6.45) is 79.4. The van der Waals surface area contributed by atoms with E-state index in [4.69, 9.17) is 18.9 Å². The smallest absolute Gasteiger partial charge is 0.306 e. The number of rotatable bonds is 89. The van der Waals surface area contributed by atoms with Crippen molar-refractivity contribution in [3.05, 3.63) is 12.2 Å². The number of nitrogens with one attached hydrogen (secondary N) is 2. The lowest BCUT2D eigenvalue weighted by atomic mass is 10.0. The van der Waals surface area contributed by atoms with Crippen molar-refractivity contribution in [2.45, 2.75) is 497 Å². The van der Waals surface area contributed by atoms with E-state index < -0.39 is 0 Å². The molecule has 14 nitrogen and oxygen atoms in total. The van der Waals surface area contributed by atoms with Crippen molar-refractivity contribution < 1.29 is 47.7 Å². The van der Waals surface area contributed by atoms with Crippen molar-refractivity contribution in [2.24, 2.45) is 0 Å². The van der Waals surface area contributed by atoms with E-state index in [1.807, 2.05) is 0 Å². The summed E-state index contributed by atoms with van der Waals surface area (Å²) in [4.78, 5) is 82.3. The van der Waals surface area contributed by atoms with E-state index in [9.17, 15) is 28.8 Å². The van der Waals surface area contributed by atoms with Gasteiger partial charge in [0.25, 0.3) is 0 Å². The van der Waals surface area contributed by atoms with Crippen LogP contribution in [0.5, 0.6) is 0 Å². The Hall–Kier alpha value is -3.52. The summed E-state index contributed by atoms with van der Waals surface area (Å²) < 4.78 is 23.5. The molecule has 0 atom stereocenters. The number of hydrogen-bond donors (Lipinski definition) is 2. The molecule has 2 amide bonds. The van der Waals surface area contributed by atoms with Crippen LogP contribution in [0.2, 0.25) is 0 Å². The maximum atomic E-state index is 13.1. The molecule has 0 rings (SSSR count). The fraction of sp³-hybridized carbons (Fsp3) is 0.916. The van der Waals surface area contributed by atoms with Crippen LogP contribution in [0.25, 0.3) is 0 Å². The van der Waals surface area contributed by atoms with Gasteiger partial charge in [-0.15, -0.1) is 0 Å². The van der Waals surface area contributed by atoms with Gasteiger partial charge in [-0.05, 0) is 174 Å². The van der Waals surface area contributed by atoms with Crippen molar-refractivity contribution in [3.8, 4) is 0 Å². The second kappa shape index (κ2) is 86.9. The predicted octanol–water partition coefficient (Wildman–Crippen LogP) is 26.3. The zero-order valence-electron chi connectivity index (χ0n) is 73.1. The molecule has 0 aliphatic heterocycles. The number of nitrogens with zero attached hydrogens (tertiary/aromatic N) is 2. The Morgan fingerprint density at radius 3 is 0.817 bits per heavy atom. The van der Waals surface area contributed by atoms with Gasteiger partial charge in [0.2, 0.25) is 11.8 Å². The van der Waals surface area contributed by atoms with E-state index in [0.29, 0.717) is 52.0 Å². The minimum atomic E-state index is -0.190. The molecule has 0 bridgehead atoms. The molecule has 0 heterocycles. The third-order valence-electron chi connectivity index (χ3n) is 22.1. The Labute approximate surface area is 674 Å². The Balaban J connectivity index is 5.29. The standard InChI is InChI=1S/C95H182N4O10/c1-7-13-19-25-31-33-35-47-63-86-106-92(102)74-57-49-61-82-98(80-59-45-37-43-55-76-94(104)108-88(68-51-39-27-21-15-9-3)69-52-40-28-22-16-10-4)84-66-78-96-90(100)72-65-73-91(101)97-79-67-85-99(83-62-50-58-75-93(103)107-87-64-48-36-34-32-26-20-14-8-2)81-60-46-38-44-56-77-95(105)109-89(70-53-41-29-23-17-11-5)71-54-42-30-24-18-12-6/h65,72,88-89H,7-64,66-71,73-87H2,1-6H3,(H,96,100)(H,97,101)/b72-65-. The van der Waals surface area contributed by atoms with Crippen molar-refractivity contribution in [1.29, 1.82) is 0 Å². The van der Waals surface area contributed by atoms with Crippen LogP contribution in [-0.2, 0) is 47.7 Å². The first kappa shape index (κ1) is 105. The van der Waals surface area contributed by atoms with Crippen LogP contribution in [0, 0.1) is 0 Å². The third-order valence-corrected chi connectivity index (χ3v) is 22.1. The van der Waals surface area contributed by atoms with Gasteiger partial charge in [0.05, 0.1) is 13.2 Å². The minimum Gasteiger partial charge on any atom is -0.466 e. The summed E-state index contributed by atoms with van der Waals surface area (Å²) >= 11 is 0. The largest absolute Gasteiger partial charge is 0.466 e. The molecular formula is C95H182N4O10. The third kappa shape index (κ3) is 80.9. The van der Waals surface area contributed by atoms with E-state index in [0.717, 1.165) is 232 Å². The molecule has 14 heteroatoms. The fourth-order valence-corrected chi connectivity index (χ4v) is 14.9. The Morgan fingerprint density at radius 1 is 0.266 bits per heavy atom. The summed E-state index contributed by atoms with van der Waals surface area (Å²) in [7, 11) is 0. The number of unbranched alkanes of at least 4 members (excludes halogenated alkanes) is 48. The number of amides is 2. The van der Waals surface area contributed by atoms with E-state index in [2.05, 4.69) is 62.0 Å². The number of ether oxygens (including phenoxy) is 4. The molecule has 0 saturated carbocycles. The van der Waals surface area contributed by atoms with Crippen LogP contribution < -0.4 is 10.6 Å². The van der Waals surface area contributed by atoms with Gasteiger partial charge in [-0.1, -0.05) is 330 Å². The maximum Gasteiger partial charge on any atom is 0.306 e. The van der Waals surface area contributed by atoms with Gasteiger partial charge in [-0.2, -0.15) is 0 Å². The fourth-order valence-electron chi connectivity index (χ4n) is 14.9. The van der Waals surface area contributed by atoms with Gasteiger partial charge in [0.15, 0.2) is 0 Å². The highest BCUT2D eigenvalue weighted by molar-refractivity contribution is 5.88. The van der Waals surface area contributed by atoms with Gasteiger partial charge in [-0.3, -0.25) is 28.8 Å². The highest BCUT2D eigenvalue weighted by atomic mass is 16.6. The number of carbonyl (C=O) groups excluding carboxylic acids is 6. The quantitative estimate of drug-likeness (QED) is 0.0256. The predicted molar refractivity (Wildman–Crippen MR) is 462 cm³/mol. The van der Waals surface area contributed by atoms with Crippen LogP contribution in [0.3, 0.4) is 0 Å². The van der Waals surface area contributed by atoms with Crippen LogP contribution in [0.4, 0.5) is 0 Å². The molecular weight excluding hydrogens is 1360 g/mol. The Kier molecular flexibility index (Phi) is 84.1. The number of hydrogen-bond acceptors (Lipinski definition) is 12. The molecule has 109 heavy (non-hydrogen) atoms. The van der Waals surface area contributed by atoms with Crippen LogP contribution in [0.1, 0.15) is 485 Å². The summed E-state index contributed by atoms with van der Waals surface area (Å²) in [5.41, 5.74) is 0. The zero-order valence-corrected chi connectivity index (χ0v) is 73.1. The first-order valence-corrected chi connectivity index (χ1v) is 47.9.